The first kappa shape index (κ1) is 22.3. The summed E-state index contributed by atoms with van der Waals surface area (Å²) in [6, 6.07) is 13.7. The van der Waals surface area contributed by atoms with Crippen LogP contribution in [-0.2, 0) is 13.0 Å². The SMILES string of the molecule is COc1cc(CN(CCc2ccc(Cl)cc2)C(N)=S)ccc1OCCN(C)C. The van der Waals surface area contributed by atoms with Crippen molar-refractivity contribution in [2.45, 2.75) is 13.0 Å². The van der Waals surface area contributed by atoms with Crippen molar-refractivity contribution in [1.29, 1.82) is 0 Å². The Bertz CT molecular complexity index is 769. The van der Waals surface area contributed by atoms with E-state index in [-0.39, 0.29) is 0 Å². The summed E-state index contributed by atoms with van der Waals surface area (Å²) in [6.45, 7) is 2.77. The number of thiocarbonyl (C=S) groups is 1. The number of rotatable bonds is 10. The summed E-state index contributed by atoms with van der Waals surface area (Å²) in [4.78, 5) is 4.05. The summed E-state index contributed by atoms with van der Waals surface area (Å²) in [6.07, 6.45) is 0.831. The Morgan fingerprint density at radius 2 is 1.71 bits per heavy atom. The Labute approximate surface area is 178 Å². The van der Waals surface area contributed by atoms with Crippen molar-refractivity contribution in [3.63, 3.8) is 0 Å². The van der Waals surface area contributed by atoms with Crippen LogP contribution in [0.15, 0.2) is 42.5 Å². The number of likely N-dealkylation sites (N-methyl/N-ethyl adjacent to an activating group) is 1. The van der Waals surface area contributed by atoms with Crippen LogP contribution in [0.2, 0.25) is 5.02 Å². The summed E-state index contributed by atoms with van der Waals surface area (Å²) >= 11 is 11.2. The van der Waals surface area contributed by atoms with Crippen molar-refractivity contribution in [2.75, 3.05) is 40.9 Å². The minimum absolute atomic E-state index is 0.374. The first-order valence-corrected chi connectivity index (χ1v) is 9.91. The van der Waals surface area contributed by atoms with Gasteiger partial charge in [0, 0.05) is 24.7 Å². The molecule has 0 spiro atoms. The summed E-state index contributed by atoms with van der Waals surface area (Å²) < 4.78 is 11.3. The van der Waals surface area contributed by atoms with E-state index in [1.54, 1.807) is 7.11 Å². The van der Waals surface area contributed by atoms with Gasteiger partial charge in [0.25, 0.3) is 0 Å². The maximum Gasteiger partial charge on any atom is 0.166 e. The van der Waals surface area contributed by atoms with Crippen LogP contribution in [0.25, 0.3) is 0 Å². The highest BCUT2D eigenvalue weighted by atomic mass is 35.5. The molecule has 0 saturated heterocycles. The first-order chi connectivity index (χ1) is 13.4. The molecule has 0 fully saturated rings. The molecule has 2 aromatic rings. The number of ether oxygens (including phenoxy) is 2. The minimum atomic E-state index is 0.374. The van der Waals surface area contributed by atoms with Gasteiger partial charge in [0.05, 0.1) is 7.11 Å². The minimum Gasteiger partial charge on any atom is -0.493 e. The molecule has 0 atom stereocenters. The second kappa shape index (κ2) is 11.1. The average molecular weight is 422 g/mol. The predicted octanol–water partition coefficient (Wildman–Crippen LogP) is 3.58. The summed E-state index contributed by atoms with van der Waals surface area (Å²) in [5, 5.41) is 1.11. The van der Waals surface area contributed by atoms with E-state index < -0.39 is 0 Å². The van der Waals surface area contributed by atoms with Crippen LogP contribution in [0.5, 0.6) is 11.5 Å². The van der Waals surface area contributed by atoms with E-state index in [9.17, 15) is 0 Å². The van der Waals surface area contributed by atoms with Gasteiger partial charge < -0.3 is 25.0 Å². The van der Waals surface area contributed by atoms with Gasteiger partial charge in [0.2, 0.25) is 0 Å². The van der Waals surface area contributed by atoms with Gasteiger partial charge in [0.15, 0.2) is 16.6 Å². The molecule has 0 bridgehead atoms. The van der Waals surface area contributed by atoms with E-state index in [1.165, 1.54) is 5.56 Å². The molecular formula is C21H28ClN3O2S. The smallest absolute Gasteiger partial charge is 0.166 e. The van der Waals surface area contributed by atoms with Gasteiger partial charge in [-0.05, 0) is 68.1 Å². The molecule has 0 saturated carbocycles. The standard InChI is InChI=1S/C21H28ClN3O2S/c1-24(2)12-13-27-19-9-6-17(14-20(19)26-3)15-25(21(23)28)11-10-16-4-7-18(22)8-5-16/h4-9,14H,10-13,15H2,1-3H3,(H2,23,28). The van der Waals surface area contributed by atoms with Gasteiger partial charge in [-0.25, -0.2) is 0 Å². The van der Waals surface area contributed by atoms with E-state index in [1.807, 2.05) is 61.5 Å². The highest BCUT2D eigenvalue weighted by Gasteiger charge is 2.11. The Morgan fingerprint density at radius 1 is 1.04 bits per heavy atom. The Kier molecular flexibility index (Phi) is 8.83. The molecule has 28 heavy (non-hydrogen) atoms. The zero-order valence-corrected chi connectivity index (χ0v) is 18.2. The number of benzene rings is 2. The van der Waals surface area contributed by atoms with Crippen molar-refractivity contribution in [2.24, 2.45) is 5.73 Å². The van der Waals surface area contributed by atoms with E-state index in [4.69, 9.17) is 39.0 Å². The van der Waals surface area contributed by atoms with Crippen molar-refractivity contribution < 1.29 is 9.47 Å². The number of methoxy groups -OCH3 is 1. The van der Waals surface area contributed by atoms with Gasteiger partial charge >= 0.3 is 0 Å². The largest absolute Gasteiger partial charge is 0.493 e. The molecule has 2 N–H and O–H groups in total. The fourth-order valence-electron chi connectivity index (χ4n) is 2.67. The van der Waals surface area contributed by atoms with Crippen LogP contribution in [-0.4, -0.2) is 55.8 Å². The number of nitrogens with zero attached hydrogens (tertiary/aromatic N) is 2. The zero-order chi connectivity index (χ0) is 20.5. The molecule has 0 unspecified atom stereocenters. The maximum atomic E-state index is 5.94. The zero-order valence-electron chi connectivity index (χ0n) is 16.7. The Balaban J connectivity index is 2.01. The van der Waals surface area contributed by atoms with Crippen molar-refractivity contribution >= 4 is 28.9 Å². The molecule has 2 rings (SSSR count). The quantitative estimate of drug-likeness (QED) is 0.592. The third-order valence-electron chi connectivity index (χ3n) is 4.29. The number of nitrogens with two attached hydrogens (primary N) is 1. The van der Waals surface area contributed by atoms with Crippen LogP contribution in [0.4, 0.5) is 0 Å². The molecule has 0 heterocycles. The lowest BCUT2D eigenvalue weighted by molar-refractivity contribution is 0.250. The first-order valence-electron chi connectivity index (χ1n) is 9.12. The number of hydrogen-bond acceptors (Lipinski definition) is 4. The van der Waals surface area contributed by atoms with Gasteiger partial charge in [-0.15, -0.1) is 0 Å². The second-order valence-electron chi connectivity index (χ2n) is 6.77. The van der Waals surface area contributed by atoms with Gasteiger partial charge in [0.1, 0.15) is 6.61 Å². The molecule has 2 aromatic carbocycles. The molecule has 7 heteroatoms. The van der Waals surface area contributed by atoms with Crippen LogP contribution in [0, 0.1) is 0 Å². The molecule has 0 amide bonds. The fourth-order valence-corrected chi connectivity index (χ4v) is 2.95. The Hall–Kier alpha value is -2.02. The molecule has 0 aromatic heterocycles. The van der Waals surface area contributed by atoms with Gasteiger partial charge in [-0.2, -0.15) is 0 Å². The molecule has 0 aliphatic rings. The van der Waals surface area contributed by atoms with Gasteiger partial charge in [-0.3, -0.25) is 0 Å². The predicted molar refractivity (Wildman–Crippen MR) is 119 cm³/mol. The Morgan fingerprint density at radius 3 is 2.32 bits per heavy atom. The van der Waals surface area contributed by atoms with E-state index in [0.29, 0.717) is 24.0 Å². The van der Waals surface area contributed by atoms with Crippen LogP contribution >= 0.6 is 23.8 Å². The highest BCUT2D eigenvalue weighted by molar-refractivity contribution is 7.80. The van der Waals surface area contributed by atoms with E-state index in [2.05, 4.69) is 4.90 Å². The summed E-state index contributed by atoms with van der Waals surface area (Å²) in [5.74, 6) is 1.44. The van der Waals surface area contributed by atoms with E-state index >= 15 is 0 Å². The molecule has 0 radical (unpaired) electrons. The third kappa shape index (κ3) is 7.19. The van der Waals surface area contributed by atoms with Crippen molar-refractivity contribution in [3.05, 3.63) is 58.6 Å². The average Bonchev–Trinajstić information content (AvgIpc) is 2.66. The lowest BCUT2D eigenvalue weighted by Gasteiger charge is -2.23. The van der Waals surface area contributed by atoms with Crippen molar-refractivity contribution in [3.8, 4) is 11.5 Å². The summed E-state index contributed by atoms with van der Waals surface area (Å²) in [5.41, 5.74) is 8.19. The molecule has 5 nitrogen and oxygen atoms in total. The second-order valence-corrected chi connectivity index (χ2v) is 7.63. The molecule has 0 aliphatic heterocycles. The molecule has 152 valence electrons. The van der Waals surface area contributed by atoms with Crippen molar-refractivity contribution in [1.82, 2.24) is 9.80 Å². The topological polar surface area (TPSA) is 51.0 Å². The van der Waals surface area contributed by atoms with Crippen LogP contribution in [0.3, 0.4) is 0 Å². The number of hydrogen-bond donors (Lipinski definition) is 1. The van der Waals surface area contributed by atoms with Crippen LogP contribution in [0.1, 0.15) is 11.1 Å². The molecular weight excluding hydrogens is 394 g/mol. The van der Waals surface area contributed by atoms with Gasteiger partial charge in [-0.1, -0.05) is 29.8 Å². The van der Waals surface area contributed by atoms with Crippen LogP contribution < -0.4 is 15.2 Å². The lowest BCUT2D eigenvalue weighted by Crippen LogP contribution is -2.36. The van der Waals surface area contributed by atoms with E-state index in [0.717, 1.165) is 35.8 Å². The fraction of sp³-hybridized carbons (Fsp3) is 0.381. The normalized spacial score (nSPS) is 10.8. The maximum absolute atomic E-state index is 5.94. The number of halogens is 1. The molecule has 0 aliphatic carbocycles. The monoisotopic (exact) mass is 421 g/mol. The lowest BCUT2D eigenvalue weighted by atomic mass is 10.1. The summed E-state index contributed by atoms with van der Waals surface area (Å²) in [7, 11) is 5.67. The third-order valence-corrected chi connectivity index (χ3v) is 4.80. The highest BCUT2D eigenvalue weighted by Crippen LogP contribution is 2.28.